The Hall–Kier alpha value is -3.99. The number of benzene rings is 2. The van der Waals surface area contributed by atoms with Crippen molar-refractivity contribution in [2.45, 2.75) is 82.4 Å². The third-order valence-corrected chi connectivity index (χ3v) is 11.0. The Morgan fingerprint density at radius 1 is 1.10 bits per heavy atom. The van der Waals surface area contributed by atoms with Crippen molar-refractivity contribution in [2.24, 2.45) is 17.8 Å². The summed E-state index contributed by atoms with van der Waals surface area (Å²) in [6.07, 6.45) is 3.35. The van der Waals surface area contributed by atoms with Crippen LogP contribution in [0.3, 0.4) is 0 Å². The van der Waals surface area contributed by atoms with Crippen molar-refractivity contribution < 1.29 is 33.8 Å². The predicted octanol–water partition coefficient (Wildman–Crippen LogP) is 5.35. The molecule has 0 radical (unpaired) electrons. The Morgan fingerprint density at radius 2 is 1.78 bits per heavy atom. The van der Waals surface area contributed by atoms with Crippen molar-refractivity contribution in [1.29, 1.82) is 0 Å². The number of amides is 3. The number of carbonyl (C=O) groups is 4. The van der Waals surface area contributed by atoms with Gasteiger partial charge >= 0.3 is 5.97 Å². The number of allylic oxidation sites excluding steroid dienone is 1. The van der Waals surface area contributed by atoms with Crippen LogP contribution in [0, 0.1) is 17.8 Å². The van der Waals surface area contributed by atoms with E-state index in [1.54, 1.807) is 48.4 Å². The summed E-state index contributed by atoms with van der Waals surface area (Å²) < 4.78 is 13.0. The lowest BCUT2D eigenvalue weighted by atomic mass is 9.70. The molecule has 3 saturated heterocycles. The zero-order chi connectivity index (χ0) is 36.3. The first-order valence-electron chi connectivity index (χ1n) is 17.3. The fourth-order valence-corrected chi connectivity index (χ4v) is 8.23. The van der Waals surface area contributed by atoms with Gasteiger partial charge in [0, 0.05) is 20.0 Å². The van der Waals surface area contributed by atoms with Gasteiger partial charge in [-0.25, -0.2) is 0 Å². The smallest absolute Gasteiger partial charge is 0.313 e. The molecule has 5 rings (SSSR count). The van der Waals surface area contributed by atoms with E-state index in [0.717, 1.165) is 0 Å². The first-order valence-corrected chi connectivity index (χ1v) is 17.7. The third-order valence-electron chi connectivity index (χ3n) is 10.7. The van der Waals surface area contributed by atoms with E-state index in [2.05, 4.69) is 13.2 Å². The van der Waals surface area contributed by atoms with Crippen LogP contribution in [0.25, 0.3) is 0 Å². The topological polar surface area (TPSA) is 117 Å². The number of fused-ring (bicyclic) bond motifs is 1. The Morgan fingerprint density at radius 3 is 2.40 bits per heavy atom. The minimum atomic E-state index is -1.34. The van der Waals surface area contributed by atoms with E-state index in [1.807, 2.05) is 51.1 Å². The van der Waals surface area contributed by atoms with Crippen LogP contribution in [0.5, 0.6) is 0 Å². The number of esters is 1. The van der Waals surface area contributed by atoms with Crippen LogP contribution in [-0.2, 0) is 28.7 Å². The second kappa shape index (κ2) is 15.5. The largest absolute Gasteiger partial charge is 0.455 e. The summed E-state index contributed by atoms with van der Waals surface area (Å²) in [7, 11) is 1.68. The Labute approximate surface area is 299 Å². The standard InChI is InChI=1S/C39H48ClN3O7/c1-7-9-19-31(45)41(6)25(5)34(26-15-11-10-12-16-26)49-38(48)32-30-20-21-39(50-30)33(32)36(46)43(29(23-44)24(3)4)35(39)37(47)42(22-8-2)28-18-14-13-17-27(28)40/h7-8,10-18,24-25,29-30,32-35,44H,1-2,9,19-23H2,3-6H3/t25-,29+,30+,32-,33-,34+,35+,39-/m1/s1. The maximum Gasteiger partial charge on any atom is 0.313 e. The van der Waals surface area contributed by atoms with E-state index in [0.29, 0.717) is 35.5 Å². The zero-order valence-corrected chi connectivity index (χ0v) is 30.0. The van der Waals surface area contributed by atoms with Crippen molar-refractivity contribution in [3.05, 3.63) is 90.5 Å². The molecule has 0 unspecified atom stereocenters. The van der Waals surface area contributed by atoms with Gasteiger partial charge in [-0.2, -0.15) is 0 Å². The first kappa shape index (κ1) is 37.3. The van der Waals surface area contributed by atoms with Crippen molar-refractivity contribution in [3.8, 4) is 0 Å². The lowest BCUT2D eigenvalue weighted by molar-refractivity contribution is -0.165. The molecule has 50 heavy (non-hydrogen) atoms. The summed E-state index contributed by atoms with van der Waals surface area (Å²) >= 11 is 6.58. The van der Waals surface area contributed by atoms with E-state index in [9.17, 15) is 24.3 Å². The van der Waals surface area contributed by atoms with Crippen LogP contribution in [0.4, 0.5) is 5.69 Å². The molecule has 0 aromatic heterocycles. The highest BCUT2D eigenvalue weighted by Gasteiger charge is 2.76. The number of aliphatic hydroxyl groups excluding tert-OH is 1. The molecule has 3 amide bonds. The van der Waals surface area contributed by atoms with Crippen LogP contribution in [0.1, 0.15) is 58.1 Å². The van der Waals surface area contributed by atoms with Crippen LogP contribution in [0.15, 0.2) is 79.9 Å². The summed E-state index contributed by atoms with van der Waals surface area (Å²) in [6.45, 7) is 12.9. The molecule has 3 fully saturated rings. The molecule has 11 heteroatoms. The fraction of sp³-hybridized carbons (Fsp3) is 0.487. The van der Waals surface area contributed by atoms with Crippen molar-refractivity contribution >= 4 is 41.0 Å². The van der Waals surface area contributed by atoms with Gasteiger partial charge in [0.25, 0.3) is 5.91 Å². The Kier molecular flexibility index (Phi) is 11.5. The molecule has 3 aliphatic heterocycles. The van der Waals surface area contributed by atoms with Crippen LogP contribution in [0.2, 0.25) is 5.02 Å². The number of aliphatic hydroxyl groups is 1. The number of para-hydroxylation sites is 1. The highest BCUT2D eigenvalue weighted by Crippen LogP contribution is 2.60. The number of halogens is 1. The van der Waals surface area contributed by atoms with Crippen LogP contribution < -0.4 is 4.90 Å². The van der Waals surface area contributed by atoms with Crippen LogP contribution in [-0.4, -0.2) is 88.6 Å². The van der Waals surface area contributed by atoms with Gasteiger partial charge in [-0.05, 0) is 49.8 Å². The molecule has 0 saturated carbocycles. The van der Waals surface area contributed by atoms with Gasteiger partial charge in [0.05, 0.1) is 47.3 Å². The summed E-state index contributed by atoms with van der Waals surface area (Å²) in [5, 5.41) is 11.0. The normalized spacial score (nSPS) is 25.5. The van der Waals surface area contributed by atoms with Gasteiger partial charge in [0.1, 0.15) is 17.7 Å². The Bertz CT molecular complexity index is 1600. The van der Waals surface area contributed by atoms with Gasteiger partial charge in [-0.15, -0.1) is 13.2 Å². The van der Waals surface area contributed by atoms with E-state index in [1.165, 1.54) is 9.80 Å². The lowest BCUT2D eigenvalue weighted by Gasteiger charge is -2.40. The van der Waals surface area contributed by atoms with E-state index in [4.69, 9.17) is 21.1 Å². The van der Waals surface area contributed by atoms with Crippen molar-refractivity contribution in [1.82, 2.24) is 9.80 Å². The van der Waals surface area contributed by atoms with Gasteiger partial charge < -0.3 is 29.3 Å². The molecule has 2 bridgehead atoms. The lowest BCUT2D eigenvalue weighted by Crippen LogP contribution is -2.59. The van der Waals surface area contributed by atoms with E-state index >= 15 is 0 Å². The van der Waals surface area contributed by atoms with Crippen molar-refractivity contribution in [2.75, 3.05) is 25.1 Å². The summed E-state index contributed by atoms with van der Waals surface area (Å²) in [6, 6.07) is 13.7. The first-order chi connectivity index (χ1) is 23.9. The molecule has 2 aromatic carbocycles. The predicted molar refractivity (Wildman–Crippen MR) is 191 cm³/mol. The molecule has 1 spiro atoms. The molecular formula is C39H48ClN3O7. The number of hydrogen-bond acceptors (Lipinski definition) is 7. The van der Waals surface area contributed by atoms with E-state index in [-0.39, 0.29) is 31.4 Å². The van der Waals surface area contributed by atoms with Gasteiger partial charge in [-0.1, -0.05) is 80.1 Å². The summed E-state index contributed by atoms with van der Waals surface area (Å²) in [5.74, 6) is -3.86. The number of likely N-dealkylation sites (N-methyl/N-ethyl adjacent to an activating group) is 1. The van der Waals surface area contributed by atoms with Gasteiger partial charge in [-0.3, -0.25) is 19.2 Å². The van der Waals surface area contributed by atoms with Crippen LogP contribution >= 0.6 is 11.6 Å². The molecule has 2 aromatic rings. The molecule has 1 N–H and O–H groups in total. The Balaban J connectivity index is 1.54. The molecule has 10 nitrogen and oxygen atoms in total. The highest BCUT2D eigenvalue weighted by atomic mass is 35.5. The number of likely N-dealkylation sites (tertiary alicyclic amines) is 1. The summed E-state index contributed by atoms with van der Waals surface area (Å²) in [4.78, 5) is 61.6. The monoisotopic (exact) mass is 705 g/mol. The van der Waals surface area contributed by atoms with Gasteiger partial charge in [0.2, 0.25) is 11.8 Å². The third kappa shape index (κ3) is 6.61. The van der Waals surface area contributed by atoms with E-state index < -0.39 is 65.6 Å². The molecule has 0 aliphatic carbocycles. The number of nitrogens with zero attached hydrogens (tertiary/aromatic N) is 3. The molecule has 3 aliphatic rings. The average molecular weight is 706 g/mol. The molecule has 3 heterocycles. The van der Waals surface area contributed by atoms with Gasteiger partial charge in [0.15, 0.2) is 0 Å². The maximum absolute atomic E-state index is 14.9. The number of anilines is 1. The number of carbonyl (C=O) groups excluding carboxylic acids is 4. The summed E-state index contributed by atoms with van der Waals surface area (Å²) in [5.41, 5.74) is -0.189. The minimum absolute atomic E-state index is 0.109. The zero-order valence-electron chi connectivity index (χ0n) is 29.2. The quantitative estimate of drug-likeness (QED) is 0.196. The highest BCUT2D eigenvalue weighted by molar-refractivity contribution is 6.34. The second-order valence-corrected chi connectivity index (χ2v) is 14.2. The fourth-order valence-electron chi connectivity index (χ4n) is 7.99. The average Bonchev–Trinajstić information content (AvgIpc) is 3.76. The molecule has 8 atom stereocenters. The SMILES string of the molecule is C=CCCC(=O)N(C)[C@H](C)[C@H](OC(=O)[C@@H]1[C@@H]2CC[C@]3(O2)[C@H](C(=O)N(CC=C)c2ccccc2Cl)N([C@@H](CO)C(C)C)C(=O)[C@@H]13)c1ccccc1. The van der Waals surface area contributed by atoms with Crippen molar-refractivity contribution in [3.63, 3.8) is 0 Å². The maximum atomic E-state index is 14.9. The minimum Gasteiger partial charge on any atom is -0.455 e. The number of rotatable bonds is 15. The molecular weight excluding hydrogens is 658 g/mol. The second-order valence-electron chi connectivity index (χ2n) is 13.8. The number of ether oxygens (including phenoxy) is 2. The molecule has 268 valence electrons. The number of hydrogen-bond donors (Lipinski definition) is 1.